The van der Waals surface area contributed by atoms with Crippen LogP contribution in [0.5, 0.6) is 0 Å². The van der Waals surface area contributed by atoms with E-state index in [2.05, 4.69) is 0 Å². The number of hydrogen-bond acceptors (Lipinski definition) is 5. The summed E-state index contributed by atoms with van der Waals surface area (Å²) in [6.45, 7) is 6.35. The first-order valence-electron chi connectivity index (χ1n) is 4.42. The molecule has 0 aromatic rings. The van der Waals surface area contributed by atoms with Gasteiger partial charge in [-0.1, -0.05) is 6.92 Å². The van der Waals surface area contributed by atoms with Gasteiger partial charge in [-0.05, 0) is 6.42 Å². The van der Waals surface area contributed by atoms with Crippen molar-refractivity contribution in [2.24, 2.45) is 0 Å². The summed E-state index contributed by atoms with van der Waals surface area (Å²) in [6, 6.07) is 0. The zero-order valence-corrected chi connectivity index (χ0v) is 9.96. The van der Waals surface area contributed by atoms with Crippen LogP contribution in [0.3, 0.4) is 0 Å². The summed E-state index contributed by atoms with van der Waals surface area (Å²) >= 11 is 0. The van der Waals surface area contributed by atoms with Gasteiger partial charge in [0, 0.05) is 27.0 Å². The normalized spacial score (nSPS) is 10.9. The van der Waals surface area contributed by atoms with Crippen LogP contribution in [0.1, 0.15) is 27.2 Å². The highest BCUT2D eigenvalue weighted by Gasteiger charge is 2.41. The summed E-state index contributed by atoms with van der Waals surface area (Å²) in [7, 11) is -3.10. The molecule has 0 aliphatic carbocycles. The minimum Gasteiger partial charge on any atom is -0.465 e. The summed E-state index contributed by atoms with van der Waals surface area (Å²) in [5.74, 6) is -1.01. The number of carbonyl (C=O) groups excluding carboxylic acids is 2. The van der Waals surface area contributed by atoms with Gasteiger partial charge < -0.3 is 13.3 Å². The monoisotopic (exact) mass is 220 g/mol. The molecule has 14 heavy (non-hydrogen) atoms. The van der Waals surface area contributed by atoms with Crippen molar-refractivity contribution in [3.8, 4) is 0 Å². The Balaban J connectivity index is 4.31. The van der Waals surface area contributed by atoms with Crippen LogP contribution < -0.4 is 0 Å². The van der Waals surface area contributed by atoms with Crippen LogP contribution in [0.2, 0.25) is 6.55 Å². The average molecular weight is 220 g/mol. The number of rotatable bonds is 5. The van der Waals surface area contributed by atoms with E-state index in [0.717, 1.165) is 6.42 Å². The molecule has 0 aromatic carbocycles. The van der Waals surface area contributed by atoms with Gasteiger partial charge in [0.05, 0.1) is 0 Å². The molecular formula is C8H16O5Si. The summed E-state index contributed by atoms with van der Waals surface area (Å²) in [4.78, 5) is 21.5. The Bertz CT molecular complexity index is 200. The molecule has 0 saturated carbocycles. The van der Waals surface area contributed by atoms with E-state index in [-0.39, 0.29) is 0 Å². The predicted molar refractivity (Wildman–Crippen MR) is 51.4 cm³/mol. The van der Waals surface area contributed by atoms with Crippen molar-refractivity contribution in [1.82, 2.24) is 0 Å². The Morgan fingerprint density at radius 1 is 1.14 bits per heavy atom. The molecule has 0 spiro atoms. The van der Waals surface area contributed by atoms with E-state index in [4.69, 9.17) is 13.3 Å². The first-order chi connectivity index (χ1) is 6.39. The lowest BCUT2D eigenvalue weighted by Gasteiger charge is -2.23. The molecule has 6 heteroatoms. The van der Waals surface area contributed by atoms with Gasteiger partial charge >= 0.3 is 8.80 Å². The summed E-state index contributed by atoms with van der Waals surface area (Å²) in [5, 5.41) is 0. The van der Waals surface area contributed by atoms with E-state index in [9.17, 15) is 9.59 Å². The van der Waals surface area contributed by atoms with Gasteiger partial charge in [0.2, 0.25) is 0 Å². The van der Waals surface area contributed by atoms with E-state index in [1.54, 1.807) is 0 Å². The SMILES string of the molecule is CCCO[Si](C)(OC(C)=O)OC(C)=O. The minimum atomic E-state index is -3.10. The fourth-order valence-corrected chi connectivity index (χ4v) is 2.67. The van der Waals surface area contributed by atoms with Crippen molar-refractivity contribution in [1.29, 1.82) is 0 Å². The Morgan fingerprint density at radius 2 is 1.57 bits per heavy atom. The Morgan fingerprint density at radius 3 is 1.86 bits per heavy atom. The third kappa shape index (κ3) is 5.71. The van der Waals surface area contributed by atoms with E-state index in [1.807, 2.05) is 6.92 Å². The van der Waals surface area contributed by atoms with Crippen molar-refractivity contribution >= 4 is 20.7 Å². The van der Waals surface area contributed by atoms with Gasteiger partial charge in [-0.3, -0.25) is 9.59 Å². The highest BCUT2D eigenvalue weighted by atomic mass is 28.4. The second-order valence-corrected chi connectivity index (χ2v) is 5.32. The topological polar surface area (TPSA) is 61.8 Å². The van der Waals surface area contributed by atoms with Crippen LogP contribution in [0.25, 0.3) is 0 Å². The second kappa shape index (κ2) is 5.76. The van der Waals surface area contributed by atoms with Crippen molar-refractivity contribution in [2.45, 2.75) is 33.7 Å². The van der Waals surface area contributed by atoms with Crippen molar-refractivity contribution in [3.63, 3.8) is 0 Å². The molecule has 5 nitrogen and oxygen atoms in total. The lowest BCUT2D eigenvalue weighted by molar-refractivity contribution is -0.142. The van der Waals surface area contributed by atoms with Gasteiger partial charge in [-0.2, -0.15) is 0 Å². The first-order valence-corrected chi connectivity index (χ1v) is 6.65. The van der Waals surface area contributed by atoms with Crippen LogP contribution in [0.15, 0.2) is 0 Å². The summed E-state index contributed by atoms with van der Waals surface area (Å²) in [5.41, 5.74) is 0. The van der Waals surface area contributed by atoms with Gasteiger partial charge in [0.1, 0.15) is 0 Å². The molecule has 0 atom stereocenters. The third-order valence-electron chi connectivity index (χ3n) is 1.23. The molecule has 82 valence electrons. The van der Waals surface area contributed by atoms with Gasteiger partial charge in [-0.15, -0.1) is 0 Å². The molecule has 0 unspecified atom stereocenters. The van der Waals surface area contributed by atoms with Gasteiger partial charge in [0.25, 0.3) is 11.9 Å². The predicted octanol–water partition coefficient (Wildman–Crippen LogP) is 1.11. The minimum absolute atomic E-state index is 0.406. The quantitative estimate of drug-likeness (QED) is 0.649. The lowest BCUT2D eigenvalue weighted by Crippen LogP contribution is -2.45. The second-order valence-electron chi connectivity index (χ2n) is 2.90. The van der Waals surface area contributed by atoms with Crippen LogP contribution in [0, 0.1) is 0 Å². The maximum Gasteiger partial charge on any atom is 0.632 e. The Kier molecular flexibility index (Phi) is 5.40. The lowest BCUT2D eigenvalue weighted by atomic mass is 10.5. The molecular weight excluding hydrogens is 204 g/mol. The largest absolute Gasteiger partial charge is 0.632 e. The molecule has 0 fully saturated rings. The van der Waals surface area contributed by atoms with E-state index < -0.39 is 20.7 Å². The third-order valence-corrected chi connectivity index (χ3v) is 3.27. The Labute approximate surface area is 84.7 Å². The van der Waals surface area contributed by atoms with Crippen molar-refractivity contribution in [2.75, 3.05) is 6.61 Å². The number of carbonyl (C=O) groups is 2. The molecule has 0 aliphatic rings. The molecule has 0 N–H and O–H groups in total. The summed E-state index contributed by atoms with van der Waals surface area (Å²) in [6.07, 6.45) is 0.769. The molecule has 0 aliphatic heterocycles. The van der Waals surface area contributed by atoms with Crippen LogP contribution in [-0.4, -0.2) is 27.3 Å². The van der Waals surface area contributed by atoms with Crippen molar-refractivity contribution < 1.29 is 22.9 Å². The van der Waals surface area contributed by atoms with Crippen LogP contribution >= 0.6 is 0 Å². The maximum absolute atomic E-state index is 10.7. The first kappa shape index (κ1) is 13.1. The van der Waals surface area contributed by atoms with E-state index in [0.29, 0.717) is 6.61 Å². The molecule has 0 rings (SSSR count). The molecule has 0 heterocycles. The summed E-state index contributed by atoms with van der Waals surface area (Å²) < 4.78 is 15.0. The fourth-order valence-electron chi connectivity index (χ4n) is 0.889. The van der Waals surface area contributed by atoms with E-state index >= 15 is 0 Å². The molecule has 0 radical (unpaired) electrons. The van der Waals surface area contributed by atoms with Gasteiger partial charge in [-0.25, -0.2) is 0 Å². The van der Waals surface area contributed by atoms with Crippen LogP contribution in [0.4, 0.5) is 0 Å². The molecule has 0 amide bonds. The maximum atomic E-state index is 10.7. The van der Waals surface area contributed by atoms with Crippen molar-refractivity contribution in [3.05, 3.63) is 0 Å². The molecule has 0 saturated heterocycles. The zero-order chi connectivity index (χ0) is 11.2. The van der Waals surface area contributed by atoms with Gasteiger partial charge in [0.15, 0.2) is 0 Å². The Hall–Kier alpha value is -0.883. The number of hydrogen-bond donors (Lipinski definition) is 0. The molecule has 0 aromatic heterocycles. The standard InChI is InChI=1S/C8H16O5Si/c1-5-6-11-14(4,12-7(2)9)13-8(3)10/h5-6H2,1-4H3. The zero-order valence-electron chi connectivity index (χ0n) is 8.96. The average Bonchev–Trinajstić information content (AvgIpc) is 1.97. The highest BCUT2D eigenvalue weighted by molar-refractivity contribution is 6.62. The van der Waals surface area contributed by atoms with E-state index in [1.165, 1.54) is 20.4 Å². The highest BCUT2D eigenvalue weighted by Crippen LogP contribution is 2.10. The van der Waals surface area contributed by atoms with Crippen LogP contribution in [-0.2, 0) is 22.9 Å². The fraction of sp³-hybridized carbons (Fsp3) is 0.750. The smallest absolute Gasteiger partial charge is 0.465 e. The molecule has 0 bridgehead atoms.